The average molecular weight is 327 g/mol. The maximum atomic E-state index is 12.2. The number of ether oxygens (including phenoxy) is 2. The molecular weight excluding hydrogens is 306 g/mol. The number of rotatable bonds is 7. The third kappa shape index (κ3) is 5.12. The molecule has 24 heavy (non-hydrogen) atoms. The van der Waals surface area contributed by atoms with Crippen LogP contribution in [0, 0.1) is 0 Å². The molecule has 0 saturated heterocycles. The first-order chi connectivity index (χ1) is 11.6. The monoisotopic (exact) mass is 327 g/mol. The lowest BCUT2D eigenvalue weighted by molar-refractivity contribution is -0.115. The van der Waals surface area contributed by atoms with E-state index in [0.29, 0.717) is 35.8 Å². The van der Waals surface area contributed by atoms with Gasteiger partial charge in [0.1, 0.15) is 11.5 Å². The van der Waals surface area contributed by atoms with Crippen molar-refractivity contribution < 1.29 is 19.1 Å². The molecule has 0 saturated carbocycles. The van der Waals surface area contributed by atoms with Crippen LogP contribution in [0.15, 0.2) is 48.5 Å². The van der Waals surface area contributed by atoms with Gasteiger partial charge in [-0.25, -0.2) is 4.79 Å². The summed E-state index contributed by atoms with van der Waals surface area (Å²) in [6.07, 6.45) is 1.31. The standard InChI is InChI=1S/C19H21NO4/c1-3-12-23-17-7-5-6-14(13-17)19(22)24-16-10-8-15(9-11-16)20-18(21)4-2/h5-11,13H,3-4,12H2,1-2H3,(H,20,21). The van der Waals surface area contributed by atoms with E-state index in [1.54, 1.807) is 55.5 Å². The van der Waals surface area contributed by atoms with Crippen molar-refractivity contribution in [2.75, 3.05) is 11.9 Å². The number of hydrogen-bond acceptors (Lipinski definition) is 4. The van der Waals surface area contributed by atoms with E-state index in [1.165, 1.54) is 0 Å². The van der Waals surface area contributed by atoms with Gasteiger partial charge in [-0.05, 0) is 48.9 Å². The Morgan fingerprint density at radius 3 is 2.42 bits per heavy atom. The van der Waals surface area contributed by atoms with Crippen LogP contribution in [0.2, 0.25) is 0 Å². The molecular formula is C19H21NO4. The summed E-state index contributed by atoms with van der Waals surface area (Å²) in [5, 5.41) is 2.73. The number of esters is 1. The molecule has 0 aliphatic rings. The molecule has 1 N–H and O–H groups in total. The second-order valence-electron chi connectivity index (χ2n) is 5.19. The highest BCUT2D eigenvalue weighted by Crippen LogP contribution is 2.19. The predicted molar refractivity (Wildman–Crippen MR) is 92.5 cm³/mol. The maximum Gasteiger partial charge on any atom is 0.343 e. The van der Waals surface area contributed by atoms with Gasteiger partial charge in [0.25, 0.3) is 0 Å². The molecule has 0 heterocycles. The third-order valence-electron chi connectivity index (χ3n) is 3.21. The van der Waals surface area contributed by atoms with Crippen molar-refractivity contribution >= 4 is 17.6 Å². The van der Waals surface area contributed by atoms with E-state index >= 15 is 0 Å². The van der Waals surface area contributed by atoms with Gasteiger partial charge in [-0.1, -0.05) is 19.9 Å². The lowest BCUT2D eigenvalue weighted by Gasteiger charge is -2.08. The van der Waals surface area contributed by atoms with E-state index < -0.39 is 5.97 Å². The molecule has 0 spiro atoms. The van der Waals surface area contributed by atoms with Gasteiger partial charge in [0, 0.05) is 12.1 Å². The Hall–Kier alpha value is -2.82. The molecule has 0 atom stereocenters. The van der Waals surface area contributed by atoms with Crippen LogP contribution in [-0.2, 0) is 4.79 Å². The second-order valence-corrected chi connectivity index (χ2v) is 5.19. The molecule has 5 nitrogen and oxygen atoms in total. The highest BCUT2D eigenvalue weighted by molar-refractivity contribution is 5.92. The van der Waals surface area contributed by atoms with Crippen molar-refractivity contribution in [1.82, 2.24) is 0 Å². The fourth-order valence-corrected chi connectivity index (χ4v) is 1.95. The summed E-state index contributed by atoms with van der Waals surface area (Å²) in [7, 11) is 0. The summed E-state index contributed by atoms with van der Waals surface area (Å²) in [6.45, 7) is 4.40. The van der Waals surface area contributed by atoms with Gasteiger partial charge in [0.15, 0.2) is 0 Å². The van der Waals surface area contributed by atoms with Crippen molar-refractivity contribution in [3.8, 4) is 11.5 Å². The number of nitrogens with one attached hydrogen (secondary N) is 1. The van der Waals surface area contributed by atoms with Crippen molar-refractivity contribution in [2.24, 2.45) is 0 Å². The molecule has 2 aromatic rings. The zero-order chi connectivity index (χ0) is 17.4. The number of amides is 1. The van der Waals surface area contributed by atoms with Gasteiger partial charge < -0.3 is 14.8 Å². The van der Waals surface area contributed by atoms with Crippen LogP contribution in [0.3, 0.4) is 0 Å². The van der Waals surface area contributed by atoms with Crippen molar-refractivity contribution in [3.63, 3.8) is 0 Å². The minimum Gasteiger partial charge on any atom is -0.494 e. The molecule has 0 unspecified atom stereocenters. The van der Waals surface area contributed by atoms with Gasteiger partial charge in [-0.2, -0.15) is 0 Å². The van der Waals surface area contributed by atoms with E-state index in [2.05, 4.69) is 5.32 Å². The molecule has 126 valence electrons. The number of carbonyl (C=O) groups is 2. The van der Waals surface area contributed by atoms with Crippen LogP contribution in [-0.4, -0.2) is 18.5 Å². The minimum atomic E-state index is -0.456. The van der Waals surface area contributed by atoms with Crippen molar-refractivity contribution in [1.29, 1.82) is 0 Å². The topological polar surface area (TPSA) is 64.6 Å². The maximum absolute atomic E-state index is 12.2. The van der Waals surface area contributed by atoms with Crippen LogP contribution in [0.5, 0.6) is 11.5 Å². The number of benzene rings is 2. The SMILES string of the molecule is CCCOc1cccc(C(=O)Oc2ccc(NC(=O)CC)cc2)c1. The molecule has 0 radical (unpaired) electrons. The quantitative estimate of drug-likeness (QED) is 0.615. The van der Waals surface area contributed by atoms with Crippen LogP contribution in [0.4, 0.5) is 5.69 Å². The molecule has 0 fully saturated rings. The predicted octanol–water partition coefficient (Wildman–Crippen LogP) is 4.04. The van der Waals surface area contributed by atoms with E-state index in [4.69, 9.17) is 9.47 Å². The Balaban J connectivity index is 2.00. The van der Waals surface area contributed by atoms with Gasteiger partial charge in [0.05, 0.1) is 12.2 Å². The lowest BCUT2D eigenvalue weighted by atomic mass is 10.2. The number of carbonyl (C=O) groups excluding carboxylic acids is 2. The summed E-state index contributed by atoms with van der Waals surface area (Å²) in [6, 6.07) is 13.6. The number of anilines is 1. The average Bonchev–Trinajstić information content (AvgIpc) is 2.61. The minimum absolute atomic E-state index is 0.0661. The summed E-state index contributed by atoms with van der Waals surface area (Å²) >= 11 is 0. The van der Waals surface area contributed by atoms with Gasteiger partial charge in [-0.15, -0.1) is 0 Å². The zero-order valence-corrected chi connectivity index (χ0v) is 13.9. The van der Waals surface area contributed by atoms with Crippen molar-refractivity contribution in [2.45, 2.75) is 26.7 Å². The summed E-state index contributed by atoms with van der Waals surface area (Å²) in [5.41, 5.74) is 1.09. The van der Waals surface area contributed by atoms with Gasteiger partial charge in [-0.3, -0.25) is 4.79 Å². The molecule has 1 amide bonds. The van der Waals surface area contributed by atoms with Crippen LogP contribution >= 0.6 is 0 Å². The van der Waals surface area contributed by atoms with Crippen LogP contribution in [0.25, 0.3) is 0 Å². The largest absolute Gasteiger partial charge is 0.494 e. The zero-order valence-electron chi connectivity index (χ0n) is 13.9. The Kier molecular flexibility index (Phi) is 6.37. The van der Waals surface area contributed by atoms with Crippen LogP contribution in [0.1, 0.15) is 37.0 Å². The first-order valence-electron chi connectivity index (χ1n) is 7.97. The summed E-state index contributed by atoms with van der Waals surface area (Å²) < 4.78 is 10.9. The van der Waals surface area contributed by atoms with Gasteiger partial charge >= 0.3 is 5.97 Å². The summed E-state index contributed by atoms with van der Waals surface area (Å²) in [5.74, 6) is 0.532. The van der Waals surface area contributed by atoms with E-state index in [9.17, 15) is 9.59 Å². The van der Waals surface area contributed by atoms with Crippen molar-refractivity contribution in [3.05, 3.63) is 54.1 Å². The summed E-state index contributed by atoms with van der Waals surface area (Å²) in [4.78, 5) is 23.5. The Bertz CT molecular complexity index is 695. The lowest BCUT2D eigenvalue weighted by Crippen LogP contribution is -2.10. The highest BCUT2D eigenvalue weighted by atomic mass is 16.5. The fourth-order valence-electron chi connectivity index (χ4n) is 1.95. The Morgan fingerprint density at radius 1 is 1.00 bits per heavy atom. The normalized spacial score (nSPS) is 10.1. The van der Waals surface area contributed by atoms with E-state index in [-0.39, 0.29) is 5.91 Å². The number of hydrogen-bond donors (Lipinski definition) is 1. The van der Waals surface area contributed by atoms with Gasteiger partial charge in [0.2, 0.25) is 5.91 Å². The highest BCUT2D eigenvalue weighted by Gasteiger charge is 2.10. The first-order valence-corrected chi connectivity index (χ1v) is 7.97. The molecule has 0 aromatic heterocycles. The second kappa shape index (κ2) is 8.72. The Morgan fingerprint density at radius 2 is 1.75 bits per heavy atom. The van der Waals surface area contributed by atoms with Crippen LogP contribution < -0.4 is 14.8 Å². The molecule has 2 rings (SSSR count). The fraction of sp³-hybridized carbons (Fsp3) is 0.263. The molecule has 5 heteroatoms. The Labute approximate surface area is 141 Å². The molecule has 0 aliphatic heterocycles. The molecule has 2 aromatic carbocycles. The molecule has 0 aliphatic carbocycles. The van der Waals surface area contributed by atoms with E-state index in [1.807, 2.05) is 6.92 Å². The first kappa shape index (κ1) is 17.5. The van der Waals surface area contributed by atoms with E-state index in [0.717, 1.165) is 6.42 Å². The molecule has 0 bridgehead atoms. The smallest absolute Gasteiger partial charge is 0.343 e. The third-order valence-corrected chi connectivity index (χ3v) is 3.21.